The molecule has 2 heterocycles. The lowest BCUT2D eigenvalue weighted by molar-refractivity contribution is 0.0895. The second-order valence-corrected chi connectivity index (χ2v) is 7.70. The zero-order chi connectivity index (χ0) is 23.1. The Morgan fingerprint density at radius 1 is 1.03 bits per heavy atom. The Morgan fingerprint density at radius 2 is 1.78 bits per heavy atom. The first-order valence-electron chi connectivity index (χ1n) is 10.9. The summed E-state index contributed by atoms with van der Waals surface area (Å²) in [6.07, 6.45) is 1.68. The van der Waals surface area contributed by atoms with E-state index in [1.165, 1.54) is 10.6 Å². The van der Waals surface area contributed by atoms with Crippen molar-refractivity contribution in [3.05, 3.63) is 82.2 Å². The van der Waals surface area contributed by atoms with Gasteiger partial charge in [0.2, 0.25) is 0 Å². The van der Waals surface area contributed by atoms with Crippen LogP contribution >= 0.6 is 0 Å². The summed E-state index contributed by atoms with van der Waals surface area (Å²) in [7, 11) is 0. The Morgan fingerprint density at radius 3 is 2.47 bits per heavy atom. The molecule has 2 aromatic heterocycles. The zero-order valence-corrected chi connectivity index (χ0v) is 19.0. The van der Waals surface area contributed by atoms with Gasteiger partial charge in [0, 0.05) is 12.3 Å². The molecule has 0 bridgehead atoms. The third kappa shape index (κ3) is 5.60. The normalized spacial score (nSPS) is 11.9. The van der Waals surface area contributed by atoms with E-state index in [4.69, 9.17) is 13.9 Å². The van der Waals surface area contributed by atoms with Crippen LogP contribution < -0.4 is 20.3 Å². The minimum absolute atomic E-state index is 0.128. The molecule has 0 spiro atoms. The van der Waals surface area contributed by atoms with Gasteiger partial charge in [0.15, 0.2) is 17.3 Å². The minimum atomic E-state index is -0.317. The van der Waals surface area contributed by atoms with Crippen molar-refractivity contribution in [3.63, 3.8) is 0 Å². The zero-order valence-electron chi connectivity index (χ0n) is 19.0. The van der Waals surface area contributed by atoms with Crippen LogP contribution in [-0.4, -0.2) is 23.7 Å². The van der Waals surface area contributed by atoms with Crippen LogP contribution in [0.1, 0.15) is 55.6 Å². The van der Waals surface area contributed by atoms with Crippen LogP contribution in [-0.2, 0) is 6.54 Å². The van der Waals surface area contributed by atoms with E-state index in [1.807, 2.05) is 45.9 Å². The molecule has 1 amide bonds. The monoisotopic (exact) mass is 438 g/mol. The first-order chi connectivity index (χ1) is 15.4. The van der Waals surface area contributed by atoms with Crippen molar-refractivity contribution >= 4 is 5.91 Å². The number of amides is 1. The number of carbonyl (C=O) groups excluding carboxylic acids is 1. The Labute approximate surface area is 188 Å². The van der Waals surface area contributed by atoms with Gasteiger partial charge in [-0.25, -0.2) is 0 Å². The summed E-state index contributed by atoms with van der Waals surface area (Å²) in [5.41, 5.74) is 0.790. The van der Waals surface area contributed by atoms with E-state index in [0.717, 1.165) is 5.56 Å². The Bertz CT molecular complexity index is 1100. The maximum Gasteiger partial charge on any atom is 0.287 e. The van der Waals surface area contributed by atoms with Crippen molar-refractivity contribution in [2.75, 3.05) is 13.2 Å². The molecule has 0 aliphatic heterocycles. The van der Waals surface area contributed by atoms with E-state index in [0.29, 0.717) is 30.5 Å². The molecule has 7 nitrogen and oxygen atoms in total. The predicted octanol–water partition coefficient (Wildman–Crippen LogP) is 4.41. The topological polar surface area (TPSA) is 82.7 Å². The fourth-order valence-electron chi connectivity index (χ4n) is 3.45. The molecule has 1 atom stereocenters. The van der Waals surface area contributed by atoms with Crippen LogP contribution in [0.25, 0.3) is 0 Å². The Kier molecular flexibility index (Phi) is 7.76. The molecule has 0 aliphatic carbocycles. The number of hydrogen-bond acceptors (Lipinski definition) is 5. The summed E-state index contributed by atoms with van der Waals surface area (Å²) in [6.45, 7) is 9.24. The van der Waals surface area contributed by atoms with Crippen molar-refractivity contribution in [1.82, 2.24) is 9.88 Å². The van der Waals surface area contributed by atoms with Crippen LogP contribution in [0, 0.1) is 5.92 Å². The van der Waals surface area contributed by atoms with Gasteiger partial charge in [-0.2, -0.15) is 0 Å². The minimum Gasteiger partial charge on any atom is -0.490 e. The van der Waals surface area contributed by atoms with Crippen molar-refractivity contribution < 1.29 is 18.7 Å². The summed E-state index contributed by atoms with van der Waals surface area (Å²) in [6, 6.07) is 13.8. The van der Waals surface area contributed by atoms with Crippen molar-refractivity contribution in [2.45, 2.75) is 40.3 Å². The van der Waals surface area contributed by atoms with Gasteiger partial charge < -0.3 is 23.8 Å². The molecule has 32 heavy (non-hydrogen) atoms. The summed E-state index contributed by atoms with van der Waals surface area (Å²) < 4.78 is 18.6. The van der Waals surface area contributed by atoms with Gasteiger partial charge >= 0.3 is 0 Å². The summed E-state index contributed by atoms with van der Waals surface area (Å²) in [4.78, 5) is 24.8. The smallest absolute Gasteiger partial charge is 0.287 e. The molecule has 1 aromatic carbocycles. The van der Waals surface area contributed by atoms with Crippen molar-refractivity contribution in [1.29, 1.82) is 0 Å². The third-order valence-electron chi connectivity index (χ3n) is 4.99. The molecular weight excluding hydrogens is 408 g/mol. The number of aromatic nitrogens is 1. The molecule has 3 rings (SSSR count). The van der Waals surface area contributed by atoms with Crippen LogP contribution in [0.3, 0.4) is 0 Å². The van der Waals surface area contributed by atoms with Crippen LogP contribution in [0.4, 0.5) is 0 Å². The lowest BCUT2D eigenvalue weighted by Gasteiger charge is -2.23. The first kappa shape index (κ1) is 23.2. The number of nitrogens with zero attached hydrogens (tertiary/aromatic N) is 1. The highest BCUT2D eigenvalue weighted by molar-refractivity contribution is 5.91. The SMILES string of the molecule is CCOc1ccc(C(NC(=O)c2ccc(Cn3ccccc3=O)o2)C(C)C)cc1OCC. The van der Waals surface area contributed by atoms with Crippen molar-refractivity contribution in [3.8, 4) is 11.5 Å². The van der Waals surface area contributed by atoms with E-state index < -0.39 is 0 Å². The maximum absolute atomic E-state index is 12.9. The standard InChI is InChI=1S/C25H30N2O5/c1-5-30-20-12-10-18(15-22(20)31-6-2)24(17(3)4)26-25(29)21-13-11-19(32-21)16-27-14-8-7-9-23(27)28/h7-15,17,24H,5-6,16H2,1-4H3,(H,26,29). The summed E-state index contributed by atoms with van der Waals surface area (Å²) >= 11 is 0. The first-order valence-corrected chi connectivity index (χ1v) is 10.9. The number of rotatable bonds is 10. The van der Waals surface area contributed by atoms with Gasteiger partial charge in [0.05, 0.1) is 25.8 Å². The molecule has 0 radical (unpaired) electrons. The van der Waals surface area contributed by atoms with Gasteiger partial charge in [-0.05, 0) is 55.7 Å². The van der Waals surface area contributed by atoms with Gasteiger partial charge in [-0.15, -0.1) is 0 Å². The molecule has 0 saturated heterocycles. The molecule has 170 valence electrons. The summed E-state index contributed by atoms with van der Waals surface area (Å²) in [5.74, 6) is 1.87. The maximum atomic E-state index is 12.9. The molecule has 7 heteroatoms. The molecule has 3 aromatic rings. The molecule has 0 aliphatic rings. The Balaban J connectivity index is 1.77. The number of nitrogens with one attached hydrogen (secondary N) is 1. The van der Waals surface area contributed by atoms with E-state index in [1.54, 1.807) is 30.5 Å². The fraction of sp³-hybridized carbons (Fsp3) is 0.360. The van der Waals surface area contributed by atoms with E-state index in [-0.39, 0.29) is 35.7 Å². The van der Waals surface area contributed by atoms with E-state index in [2.05, 4.69) is 5.32 Å². The second kappa shape index (κ2) is 10.7. The van der Waals surface area contributed by atoms with Gasteiger partial charge in [-0.1, -0.05) is 26.0 Å². The van der Waals surface area contributed by atoms with Crippen LogP contribution in [0.5, 0.6) is 11.5 Å². The largest absolute Gasteiger partial charge is 0.490 e. The number of ether oxygens (including phenoxy) is 2. The highest BCUT2D eigenvalue weighted by atomic mass is 16.5. The number of furan rings is 1. The number of pyridine rings is 1. The molecular formula is C25H30N2O5. The lowest BCUT2D eigenvalue weighted by atomic mass is 9.95. The molecule has 0 fully saturated rings. The summed E-state index contributed by atoms with van der Waals surface area (Å²) in [5, 5.41) is 3.06. The van der Waals surface area contributed by atoms with Gasteiger partial charge in [0.1, 0.15) is 5.76 Å². The van der Waals surface area contributed by atoms with Crippen molar-refractivity contribution in [2.24, 2.45) is 5.92 Å². The highest BCUT2D eigenvalue weighted by Crippen LogP contribution is 2.33. The number of carbonyl (C=O) groups is 1. The fourth-order valence-corrected chi connectivity index (χ4v) is 3.45. The number of benzene rings is 1. The van der Waals surface area contributed by atoms with E-state index in [9.17, 15) is 9.59 Å². The second-order valence-electron chi connectivity index (χ2n) is 7.70. The molecule has 1 unspecified atom stereocenters. The molecule has 0 saturated carbocycles. The third-order valence-corrected chi connectivity index (χ3v) is 4.99. The Hall–Kier alpha value is -3.48. The number of hydrogen-bond donors (Lipinski definition) is 1. The van der Waals surface area contributed by atoms with Gasteiger partial charge in [-0.3, -0.25) is 9.59 Å². The molecule has 1 N–H and O–H groups in total. The quantitative estimate of drug-likeness (QED) is 0.507. The highest BCUT2D eigenvalue weighted by Gasteiger charge is 2.22. The van der Waals surface area contributed by atoms with Gasteiger partial charge in [0.25, 0.3) is 11.5 Å². The average molecular weight is 439 g/mol. The van der Waals surface area contributed by atoms with Crippen LogP contribution in [0.15, 0.2) is 63.9 Å². The average Bonchev–Trinajstić information content (AvgIpc) is 3.24. The lowest BCUT2D eigenvalue weighted by Crippen LogP contribution is -2.31. The van der Waals surface area contributed by atoms with E-state index >= 15 is 0 Å². The predicted molar refractivity (Wildman–Crippen MR) is 122 cm³/mol. The van der Waals surface area contributed by atoms with Crippen LogP contribution in [0.2, 0.25) is 0 Å².